The van der Waals surface area contributed by atoms with E-state index in [4.69, 9.17) is 14.0 Å². The minimum atomic E-state index is -1.77. The van der Waals surface area contributed by atoms with Crippen molar-refractivity contribution in [1.82, 2.24) is 9.55 Å². The van der Waals surface area contributed by atoms with Crippen molar-refractivity contribution >= 4 is 20.7 Å². The molecule has 0 aromatic carbocycles. The maximum atomic E-state index is 11.8. The predicted molar refractivity (Wildman–Crippen MR) is 76.2 cm³/mol. The number of aromatic amines is 1. The quantitative estimate of drug-likeness (QED) is 0.589. The van der Waals surface area contributed by atoms with E-state index in [1.54, 1.807) is 0 Å². The molecule has 1 N–H and O–H groups in total. The summed E-state index contributed by atoms with van der Waals surface area (Å²) in [7, 11) is -1.77. The minimum Gasteiger partial charge on any atom is -0.369 e. The molecule has 1 aromatic rings. The molecule has 0 aliphatic carbocycles. The van der Waals surface area contributed by atoms with Gasteiger partial charge in [0.15, 0.2) is 12.9 Å². The van der Waals surface area contributed by atoms with E-state index in [0.717, 1.165) is 0 Å². The van der Waals surface area contributed by atoms with Gasteiger partial charge in [0, 0.05) is 12.3 Å². The maximum absolute atomic E-state index is 11.8. The molecule has 1 unspecified atom stereocenters. The average Bonchev–Trinajstić information content (AvgIpc) is 2.87. The van der Waals surface area contributed by atoms with Crippen molar-refractivity contribution in [2.24, 2.45) is 0 Å². The molecule has 114 valence electrons. The van der Waals surface area contributed by atoms with Crippen LogP contribution in [0.15, 0.2) is 21.9 Å². The number of H-pyrrole nitrogens is 1. The van der Waals surface area contributed by atoms with Crippen LogP contribution in [0, 0.1) is 0 Å². The van der Waals surface area contributed by atoms with E-state index in [1.807, 2.05) is 0 Å². The molecule has 2 fully saturated rings. The Kier molecular flexibility index (Phi) is 3.79. The topological polar surface area (TPSA) is 99.6 Å². The molecule has 3 rings (SSSR count). The molecular weight excluding hydrogens is 319 g/mol. The van der Waals surface area contributed by atoms with Gasteiger partial charge < -0.3 is 9.47 Å². The number of rotatable bonds is 4. The van der Waals surface area contributed by atoms with Crippen LogP contribution >= 0.6 is 20.7 Å². The van der Waals surface area contributed by atoms with Crippen molar-refractivity contribution in [3.63, 3.8) is 0 Å². The largest absolute Gasteiger partial charge is 0.504 e. The smallest absolute Gasteiger partial charge is 0.369 e. The van der Waals surface area contributed by atoms with Crippen molar-refractivity contribution in [2.75, 3.05) is 19.9 Å². The van der Waals surface area contributed by atoms with Crippen molar-refractivity contribution in [3.8, 4) is 0 Å². The molecule has 1 aromatic heterocycles. The number of ether oxygens (including phenoxy) is 2. The molecule has 2 bridgehead atoms. The molecule has 8 nitrogen and oxygen atoms in total. The Balaban J connectivity index is 1.89. The van der Waals surface area contributed by atoms with Crippen molar-refractivity contribution in [3.05, 3.63) is 33.1 Å². The molecule has 21 heavy (non-hydrogen) atoms. The lowest BCUT2D eigenvalue weighted by atomic mass is 10.0. The first-order chi connectivity index (χ1) is 9.93. The number of thiol groups is 1. The molecule has 2 aliphatic rings. The molecule has 5 atom stereocenters. The summed E-state index contributed by atoms with van der Waals surface area (Å²) in [5.74, 6) is 0. The number of hydrogen-bond acceptors (Lipinski definition) is 7. The van der Waals surface area contributed by atoms with Crippen molar-refractivity contribution in [1.29, 1.82) is 0 Å². The van der Waals surface area contributed by atoms with E-state index in [9.17, 15) is 14.2 Å². The van der Waals surface area contributed by atoms with E-state index in [0.29, 0.717) is 0 Å². The zero-order valence-electron chi connectivity index (χ0n) is 11.1. The van der Waals surface area contributed by atoms with Crippen molar-refractivity contribution in [2.45, 2.75) is 23.2 Å². The third kappa shape index (κ3) is 2.49. The number of hydrogen-bond donors (Lipinski definition) is 2. The number of nitrogens with zero attached hydrogens (tertiary/aromatic N) is 1. The van der Waals surface area contributed by atoms with Crippen LogP contribution < -0.4 is 11.2 Å². The lowest BCUT2D eigenvalue weighted by Gasteiger charge is -2.29. The molecule has 2 aliphatic heterocycles. The molecule has 0 radical (unpaired) electrons. The summed E-state index contributed by atoms with van der Waals surface area (Å²) in [5, 5.41) is -0.323. The van der Waals surface area contributed by atoms with E-state index in [2.05, 4.69) is 17.6 Å². The van der Waals surface area contributed by atoms with Gasteiger partial charge in [0.1, 0.15) is 18.3 Å². The highest BCUT2D eigenvalue weighted by Crippen LogP contribution is 2.48. The lowest BCUT2D eigenvalue weighted by molar-refractivity contribution is -0.181. The van der Waals surface area contributed by atoms with Crippen LogP contribution in [-0.2, 0) is 18.6 Å². The highest BCUT2D eigenvalue weighted by Gasteiger charge is 2.61. The van der Waals surface area contributed by atoms with Crippen LogP contribution in [0.2, 0.25) is 0 Å². The van der Waals surface area contributed by atoms with Crippen LogP contribution in [0.1, 0.15) is 6.23 Å². The first-order valence-electron chi connectivity index (χ1n) is 6.26. The fourth-order valence-electron chi connectivity index (χ4n) is 2.57. The molecule has 10 heteroatoms. The summed E-state index contributed by atoms with van der Waals surface area (Å²) in [4.78, 5) is 25.1. The molecule has 2 saturated heterocycles. The van der Waals surface area contributed by atoms with E-state index >= 15 is 0 Å². The Bertz CT molecular complexity index is 690. The van der Waals surface area contributed by atoms with Crippen LogP contribution in [0.4, 0.5) is 0 Å². The zero-order chi connectivity index (χ0) is 15.2. The predicted octanol–water partition coefficient (Wildman–Crippen LogP) is -0.110. The van der Waals surface area contributed by atoms with Gasteiger partial charge in [-0.1, -0.05) is 0 Å². The monoisotopic (exact) mass is 333 g/mol. The summed E-state index contributed by atoms with van der Waals surface area (Å²) >= 11 is 4.48. The van der Waals surface area contributed by atoms with Gasteiger partial charge in [-0.05, 0) is 4.57 Å². The number of fused-ring (bicyclic) bond motifs is 2. The van der Waals surface area contributed by atoms with Gasteiger partial charge in [0.2, 0.25) is 0 Å². The van der Waals surface area contributed by atoms with Crippen LogP contribution in [0.5, 0.6) is 0 Å². The van der Waals surface area contributed by atoms with Gasteiger partial charge in [0.25, 0.3) is 5.56 Å². The van der Waals surface area contributed by atoms with E-state index < -0.39 is 37.2 Å². The second-order valence-electron chi connectivity index (χ2n) is 5.02. The summed E-state index contributed by atoms with van der Waals surface area (Å²) in [6.07, 6.45) is 0.199. The van der Waals surface area contributed by atoms with Gasteiger partial charge in [0.05, 0.1) is 11.9 Å². The van der Waals surface area contributed by atoms with E-state index in [-0.39, 0.29) is 18.5 Å². The minimum absolute atomic E-state index is 0.0674. The van der Waals surface area contributed by atoms with Gasteiger partial charge >= 0.3 is 13.7 Å². The van der Waals surface area contributed by atoms with E-state index in [1.165, 1.54) is 23.5 Å². The normalized spacial score (nSPS) is 35.1. The lowest BCUT2D eigenvalue weighted by Crippen LogP contribution is -2.44. The highest BCUT2D eigenvalue weighted by molar-refractivity contribution is 7.81. The fourth-order valence-corrected chi connectivity index (χ4v) is 3.41. The number of aromatic nitrogens is 2. The summed E-state index contributed by atoms with van der Waals surface area (Å²) in [6, 6.07) is 1.23. The van der Waals surface area contributed by atoms with Crippen LogP contribution in [0.25, 0.3) is 0 Å². The maximum Gasteiger partial charge on any atom is 0.504 e. The summed E-state index contributed by atoms with van der Waals surface area (Å²) in [5.41, 5.74) is -1.92. The third-order valence-corrected chi connectivity index (χ3v) is 4.88. The van der Waals surface area contributed by atoms with Crippen LogP contribution in [0.3, 0.4) is 0 Å². The Morgan fingerprint density at radius 2 is 2.38 bits per heavy atom. The third-order valence-electron chi connectivity index (χ3n) is 3.62. The van der Waals surface area contributed by atoms with Crippen LogP contribution in [-0.4, -0.2) is 46.4 Å². The first kappa shape index (κ1) is 14.9. The molecular formula is C11H14N2O6PS+. The standard InChI is InChI=1S/C11H13N2O6PS/c1-20(16)18-5-11-4-17-7(8(11)21)9(19-11)13-3-2-6(14)12-10(13)15/h2-3,7-9H,4-5H2,1H3,(H-,12,14,15,21)/p+1/t7-,8+,9-,11-/m1/s1. The Labute approximate surface area is 125 Å². The highest BCUT2D eigenvalue weighted by atomic mass is 32.1. The van der Waals surface area contributed by atoms with Gasteiger partial charge in [-0.15, -0.1) is 4.52 Å². The number of nitrogens with one attached hydrogen (secondary N) is 1. The summed E-state index contributed by atoms with van der Waals surface area (Å²) < 4.78 is 29.1. The summed E-state index contributed by atoms with van der Waals surface area (Å²) in [6.45, 7) is 1.77. The second kappa shape index (κ2) is 5.33. The molecule has 0 saturated carbocycles. The fraction of sp³-hybridized carbons (Fsp3) is 0.636. The average molecular weight is 333 g/mol. The molecule has 0 amide bonds. The second-order valence-corrected chi connectivity index (χ2v) is 6.72. The zero-order valence-corrected chi connectivity index (χ0v) is 12.9. The first-order valence-corrected chi connectivity index (χ1v) is 8.40. The van der Waals surface area contributed by atoms with Crippen molar-refractivity contribution < 1.29 is 18.6 Å². The molecule has 0 spiro atoms. The SMILES string of the molecule is C[P+](=O)OC[C@@]12CO[C@@H]([C@H](n3ccc(=O)[nH]c3=O)O1)[C@@H]2S. The van der Waals surface area contributed by atoms with Gasteiger partial charge in [-0.2, -0.15) is 12.6 Å². The molecule has 3 heterocycles. The Morgan fingerprint density at radius 1 is 1.62 bits per heavy atom. The van der Waals surface area contributed by atoms with Gasteiger partial charge in [-0.25, -0.2) is 4.79 Å². The Hall–Kier alpha value is -0.990. The Morgan fingerprint density at radius 3 is 3.05 bits per heavy atom. The van der Waals surface area contributed by atoms with Gasteiger partial charge in [-0.3, -0.25) is 14.3 Å².